The zero-order chi connectivity index (χ0) is 27.5. The van der Waals surface area contributed by atoms with Gasteiger partial charge in [-0.2, -0.15) is 0 Å². The monoisotopic (exact) mass is 562 g/mol. The summed E-state index contributed by atoms with van der Waals surface area (Å²) >= 11 is 0. The Labute approximate surface area is 245 Å². The van der Waals surface area contributed by atoms with Crippen molar-refractivity contribution in [2.75, 3.05) is 12.3 Å². The molecule has 0 saturated heterocycles. The van der Waals surface area contributed by atoms with E-state index in [-0.39, 0.29) is 0 Å². The lowest BCUT2D eigenvalue weighted by Gasteiger charge is -2.33. The van der Waals surface area contributed by atoms with E-state index >= 15 is 0 Å². The highest BCUT2D eigenvalue weighted by molar-refractivity contribution is 7.90. The fraction of sp³-hybridized carbons (Fsp3) is 0.0513. The molecule has 0 aromatic heterocycles. The van der Waals surface area contributed by atoms with Gasteiger partial charge in [-0.15, -0.1) is 0 Å². The van der Waals surface area contributed by atoms with E-state index in [1.54, 1.807) is 0 Å². The van der Waals surface area contributed by atoms with Crippen LogP contribution in [0.4, 0.5) is 0 Å². The molecular formula is C39H32P2. The van der Waals surface area contributed by atoms with Crippen molar-refractivity contribution in [2.45, 2.75) is 0 Å². The Morgan fingerprint density at radius 2 is 0.707 bits per heavy atom. The molecule has 0 nitrogen and oxygen atoms in total. The highest BCUT2D eigenvalue weighted by Gasteiger charge is 2.35. The van der Waals surface area contributed by atoms with Crippen molar-refractivity contribution in [3.05, 3.63) is 181 Å². The summed E-state index contributed by atoms with van der Waals surface area (Å²) in [5, 5.41) is 7.36. The maximum atomic E-state index is 2.39. The van der Waals surface area contributed by atoms with Gasteiger partial charge in [-0.1, -0.05) is 170 Å². The first-order chi connectivity index (χ1) is 20.4. The van der Waals surface area contributed by atoms with Crippen molar-refractivity contribution in [3.63, 3.8) is 0 Å². The highest BCUT2D eigenvalue weighted by atomic mass is 31.2. The lowest BCUT2D eigenvalue weighted by molar-refractivity contribution is 1.50. The number of benzene rings is 6. The summed E-state index contributed by atoms with van der Waals surface area (Å²) in [6.07, 6.45) is 2.23. The standard InChI is InChI=1S/C39H32P2/c1-5-17-31(18-6-1)40(32-19-7-2-8-20-32)29-30-41(33-21-9-3-10-22-33,34-23-11-4-12-24-34)39-37-27-15-13-25-35(37)36-26-14-16-28-38(36)39/h1-28H,29-30H2. The van der Waals surface area contributed by atoms with Gasteiger partial charge in [0.1, 0.15) is 0 Å². The third kappa shape index (κ3) is 4.73. The van der Waals surface area contributed by atoms with E-state index in [2.05, 4.69) is 170 Å². The van der Waals surface area contributed by atoms with Crippen molar-refractivity contribution in [2.24, 2.45) is 0 Å². The number of fused-ring (bicyclic) bond motifs is 3. The molecule has 0 N–H and O–H groups in total. The fourth-order valence-electron chi connectivity index (χ4n) is 6.42. The van der Waals surface area contributed by atoms with Crippen molar-refractivity contribution >= 4 is 41.3 Å². The van der Waals surface area contributed by atoms with Crippen molar-refractivity contribution in [1.82, 2.24) is 0 Å². The van der Waals surface area contributed by atoms with Crippen LogP contribution in [0.3, 0.4) is 0 Å². The van der Waals surface area contributed by atoms with E-state index in [1.165, 1.54) is 48.8 Å². The predicted octanol–water partition coefficient (Wildman–Crippen LogP) is 8.04. The molecule has 0 amide bonds. The second-order valence-corrected chi connectivity index (χ2v) is 16.3. The zero-order valence-corrected chi connectivity index (χ0v) is 24.8. The maximum absolute atomic E-state index is 2.39. The van der Waals surface area contributed by atoms with Crippen LogP contribution in [0.2, 0.25) is 0 Å². The van der Waals surface area contributed by atoms with Gasteiger partial charge in [0.25, 0.3) is 0 Å². The molecule has 41 heavy (non-hydrogen) atoms. The molecule has 0 atom stereocenters. The first kappa shape index (κ1) is 26.0. The average molecular weight is 563 g/mol. The Balaban J connectivity index is 1.54. The fourth-order valence-corrected chi connectivity index (χ4v) is 14.4. The van der Waals surface area contributed by atoms with Gasteiger partial charge in [-0.3, -0.25) is 0 Å². The van der Waals surface area contributed by atoms with Crippen LogP contribution < -0.4 is 21.2 Å². The van der Waals surface area contributed by atoms with Crippen LogP contribution in [-0.4, -0.2) is 17.6 Å². The van der Waals surface area contributed by atoms with Crippen LogP contribution in [-0.2, 0) is 0 Å². The quantitative estimate of drug-likeness (QED) is 0.173. The van der Waals surface area contributed by atoms with Gasteiger partial charge in [0, 0.05) is 0 Å². The molecule has 0 unspecified atom stereocenters. The zero-order valence-electron chi connectivity index (χ0n) is 23.0. The Kier molecular flexibility index (Phi) is 7.29. The molecule has 1 aliphatic rings. The minimum Gasteiger partial charge on any atom is -0.0622 e. The minimum atomic E-state index is -2.08. The van der Waals surface area contributed by atoms with Crippen LogP contribution in [0.15, 0.2) is 170 Å². The second-order valence-electron chi connectivity index (χ2n) is 10.5. The number of rotatable bonds is 7. The predicted molar refractivity (Wildman–Crippen MR) is 183 cm³/mol. The van der Waals surface area contributed by atoms with Crippen LogP contribution >= 0.6 is 14.8 Å². The van der Waals surface area contributed by atoms with Gasteiger partial charge in [0.05, 0.1) is 0 Å². The van der Waals surface area contributed by atoms with Crippen LogP contribution in [0, 0.1) is 0 Å². The topological polar surface area (TPSA) is 0 Å². The van der Waals surface area contributed by atoms with Gasteiger partial charge in [0.2, 0.25) is 0 Å². The molecule has 0 heterocycles. The van der Waals surface area contributed by atoms with Gasteiger partial charge in [-0.05, 0) is 75.9 Å². The maximum Gasteiger partial charge on any atom is -0.00397 e. The lowest BCUT2D eigenvalue weighted by Crippen LogP contribution is -2.27. The largest absolute Gasteiger partial charge is 0.0622 e. The summed E-state index contributed by atoms with van der Waals surface area (Å²) in [5.41, 5.74) is 5.53. The summed E-state index contributed by atoms with van der Waals surface area (Å²) in [6.45, 7) is -2.08. The SMILES string of the molecule is c1ccc(P(CCP(=C2c3ccccc3-c3ccccc32)(c2ccccc2)c2ccccc2)c2ccccc2)cc1. The molecule has 6 aromatic carbocycles. The van der Waals surface area contributed by atoms with Gasteiger partial charge >= 0.3 is 0 Å². The first-order valence-corrected chi connectivity index (χ1v) is 17.8. The van der Waals surface area contributed by atoms with E-state index in [1.807, 2.05) is 0 Å². The second kappa shape index (κ2) is 11.5. The smallest absolute Gasteiger partial charge is 0.00397 e. The first-order valence-electron chi connectivity index (χ1n) is 14.3. The van der Waals surface area contributed by atoms with Crippen LogP contribution in [0.1, 0.15) is 11.1 Å². The number of hydrogen-bond donors (Lipinski definition) is 0. The van der Waals surface area contributed by atoms with Crippen molar-refractivity contribution in [1.29, 1.82) is 0 Å². The molecule has 6 aromatic rings. The molecule has 0 radical (unpaired) electrons. The summed E-state index contributed by atoms with van der Waals surface area (Å²) in [7, 11) is -0.530. The summed E-state index contributed by atoms with van der Waals surface area (Å²) < 4.78 is 0. The molecule has 2 heteroatoms. The van der Waals surface area contributed by atoms with Crippen molar-refractivity contribution in [3.8, 4) is 11.1 Å². The normalized spacial score (nSPS) is 12.3. The van der Waals surface area contributed by atoms with E-state index in [9.17, 15) is 0 Å². The van der Waals surface area contributed by atoms with E-state index < -0.39 is 14.8 Å². The third-order valence-corrected chi connectivity index (χ3v) is 15.6. The number of hydrogen-bond acceptors (Lipinski definition) is 0. The summed E-state index contributed by atoms with van der Waals surface area (Å²) in [6, 6.07) is 63.4. The summed E-state index contributed by atoms with van der Waals surface area (Å²) in [5.74, 6) is 0. The van der Waals surface area contributed by atoms with Gasteiger partial charge in [-0.25, -0.2) is 0 Å². The van der Waals surface area contributed by atoms with E-state index in [4.69, 9.17) is 0 Å². The van der Waals surface area contributed by atoms with Gasteiger partial charge in [0.15, 0.2) is 0 Å². The molecule has 0 aliphatic heterocycles. The van der Waals surface area contributed by atoms with Gasteiger partial charge < -0.3 is 0 Å². The molecule has 0 fully saturated rings. The van der Waals surface area contributed by atoms with Crippen LogP contribution in [0.5, 0.6) is 0 Å². The Bertz CT molecular complexity index is 1690. The highest BCUT2D eigenvalue weighted by Crippen LogP contribution is 2.56. The van der Waals surface area contributed by atoms with E-state index in [0.717, 1.165) is 12.3 Å². The van der Waals surface area contributed by atoms with E-state index in [0.29, 0.717) is 0 Å². The third-order valence-electron chi connectivity index (χ3n) is 8.22. The Hall–Kier alpha value is -3.95. The average Bonchev–Trinajstić information content (AvgIpc) is 3.40. The molecule has 7 rings (SSSR count). The van der Waals surface area contributed by atoms with Crippen molar-refractivity contribution < 1.29 is 0 Å². The Morgan fingerprint density at radius 3 is 1.12 bits per heavy atom. The molecule has 1 aliphatic carbocycles. The molecular weight excluding hydrogens is 530 g/mol. The molecule has 0 spiro atoms. The molecule has 0 bridgehead atoms. The molecule has 198 valence electrons. The summed E-state index contributed by atoms with van der Waals surface area (Å²) in [4.78, 5) is 0. The lowest BCUT2D eigenvalue weighted by atomic mass is 10.1. The van der Waals surface area contributed by atoms with Crippen LogP contribution in [0.25, 0.3) is 11.1 Å². The minimum absolute atomic E-state index is 0.530. The molecule has 0 saturated carbocycles. The Morgan fingerprint density at radius 1 is 0.366 bits per heavy atom.